The first-order chi connectivity index (χ1) is 22.0. The number of anilines is 1. The zero-order valence-electron chi connectivity index (χ0n) is 24.4. The molecule has 2 aromatic rings. The molecule has 0 radical (unpaired) electrons. The van der Waals surface area contributed by atoms with Crippen LogP contribution in [0.4, 0.5) is 21.9 Å². The molecule has 21 nitrogen and oxygen atoms in total. The zero-order chi connectivity index (χ0) is 33.9. The lowest BCUT2D eigenvalue weighted by Gasteiger charge is -2.19. The van der Waals surface area contributed by atoms with Crippen molar-refractivity contribution in [3.05, 3.63) is 50.3 Å². The number of aliphatic carboxylic acids is 2. The Morgan fingerprint density at radius 1 is 1.02 bits per heavy atom. The predicted octanol–water partition coefficient (Wildman–Crippen LogP) is 1.03. The van der Waals surface area contributed by atoms with Crippen LogP contribution < -0.4 is 16.0 Å². The highest BCUT2D eigenvalue weighted by Crippen LogP contribution is 2.28. The summed E-state index contributed by atoms with van der Waals surface area (Å²) in [6.07, 6.45) is 1.12. The highest BCUT2D eigenvalue weighted by atomic mass is 16.6. The summed E-state index contributed by atoms with van der Waals surface area (Å²) in [6.45, 7) is 1.64. The van der Waals surface area contributed by atoms with Gasteiger partial charge in [-0.05, 0) is 25.3 Å². The number of ether oxygens (including phenoxy) is 3. The number of urea groups is 1. The molecule has 0 aliphatic heterocycles. The highest BCUT2D eigenvalue weighted by Gasteiger charge is 2.23. The lowest BCUT2D eigenvalue weighted by atomic mass is 10.1. The molecule has 1 heterocycles. The Balaban J connectivity index is 1.61. The summed E-state index contributed by atoms with van der Waals surface area (Å²) < 4.78 is 17.3. The van der Waals surface area contributed by atoms with Gasteiger partial charge in [0.25, 0.3) is 17.8 Å². The van der Waals surface area contributed by atoms with E-state index in [-0.39, 0.29) is 63.7 Å². The zero-order valence-corrected chi connectivity index (χ0v) is 24.4. The first-order valence-electron chi connectivity index (χ1n) is 13.8. The number of non-ortho nitro benzene ring substituents is 1. The van der Waals surface area contributed by atoms with Crippen molar-refractivity contribution in [2.45, 2.75) is 57.5 Å². The van der Waals surface area contributed by atoms with Crippen molar-refractivity contribution in [3.8, 4) is 0 Å². The summed E-state index contributed by atoms with van der Waals surface area (Å²) in [5, 5.41) is 55.1. The fourth-order valence-corrected chi connectivity index (χ4v) is 3.82. The molecule has 5 N–H and O–H groups in total. The van der Waals surface area contributed by atoms with Crippen LogP contribution in [-0.4, -0.2) is 98.1 Å². The van der Waals surface area contributed by atoms with Gasteiger partial charge in [0, 0.05) is 32.0 Å². The van der Waals surface area contributed by atoms with Crippen LogP contribution in [0.1, 0.15) is 37.8 Å². The van der Waals surface area contributed by atoms with Crippen molar-refractivity contribution in [1.82, 2.24) is 25.6 Å². The third kappa shape index (κ3) is 13.9. The van der Waals surface area contributed by atoms with Crippen molar-refractivity contribution in [3.63, 3.8) is 0 Å². The number of amides is 2. The molecule has 0 saturated heterocycles. The topological polar surface area (TPSA) is 290 Å². The number of nitrogens with zero attached hydrogens (tertiary/aromatic N) is 5. The Kier molecular flexibility index (Phi) is 15.8. The standard InChI is InChI=1S/C25H34N8O13/c34-16-46-22(28-25(39)27-20(24(37)38)6-7-23(35)36)3-1-2-9-31-14-17(29-30-31)15-45-12-11-44-10-8-26-19-5-4-18(32(40)41)13-21(19)33(42)43/h4-5,13-14,16,20,22,26H,1-3,6-12,15H2,(H,35,36)(H,37,38)(H2,27,28,39)/t20-,22+/m0/s1. The lowest BCUT2D eigenvalue weighted by molar-refractivity contribution is -0.393. The fraction of sp³-hybridized carbons (Fsp3) is 0.520. The molecule has 1 aromatic carbocycles. The molecule has 2 atom stereocenters. The Hall–Kier alpha value is -5.44. The normalized spacial score (nSPS) is 12.0. The number of hydrogen-bond donors (Lipinski definition) is 5. The number of carbonyl (C=O) groups excluding carboxylic acids is 2. The molecule has 0 unspecified atom stereocenters. The van der Waals surface area contributed by atoms with Gasteiger partial charge in [0.1, 0.15) is 17.4 Å². The number of nitro benzene ring substituents is 2. The summed E-state index contributed by atoms with van der Waals surface area (Å²) in [5.41, 5.74) is -0.106. The van der Waals surface area contributed by atoms with E-state index >= 15 is 0 Å². The second-order valence-corrected chi connectivity index (χ2v) is 9.44. The number of aryl methyl sites for hydroxylation is 1. The minimum Gasteiger partial charge on any atom is -0.481 e. The maximum Gasteiger partial charge on any atom is 0.326 e. The summed E-state index contributed by atoms with van der Waals surface area (Å²) in [7, 11) is 0. The molecule has 2 rings (SSSR count). The van der Waals surface area contributed by atoms with Crippen molar-refractivity contribution >= 4 is 41.5 Å². The van der Waals surface area contributed by atoms with E-state index in [0.29, 0.717) is 25.1 Å². The average molecular weight is 655 g/mol. The van der Waals surface area contributed by atoms with Gasteiger partial charge >= 0.3 is 18.0 Å². The molecule has 0 saturated carbocycles. The van der Waals surface area contributed by atoms with Crippen LogP contribution in [0.25, 0.3) is 0 Å². The quantitative estimate of drug-likeness (QED) is 0.0347. The van der Waals surface area contributed by atoms with E-state index in [2.05, 4.69) is 26.3 Å². The minimum atomic E-state index is -1.43. The van der Waals surface area contributed by atoms with Gasteiger partial charge in [0.2, 0.25) is 0 Å². The Morgan fingerprint density at radius 3 is 2.46 bits per heavy atom. The molecule has 252 valence electrons. The van der Waals surface area contributed by atoms with Gasteiger partial charge in [-0.25, -0.2) is 9.59 Å². The summed E-state index contributed by atoms with van der Waals surface area (Å²) in [6, 6.07) is 0.947. The van der Waals surface area contributed by atoms with E-state index < -0.39 is 52.2 Å². The maximum absolute atomic E-state index is 12.1. The van der Waals surface area contributed by atoms with Crippen LogP contribution >= 0.6 is 0 Å². The van der Waals surface area contributed by atoms with Gasteiger partial charge in [0.05, 0.1) is 48.5 Å². The van der Waals surface area contributed by atoms with E-state index in [1.54, 1.807) is 10.9 Å². The second-order valence-electron chi connectivity index (χ2n) is 9.44. The van der Waals surface area contributed by atoms with E-state index in [0.717, 1.165) is 6.07 Å². The van der Waals surface area contributed by atoms with E-state index in [1.165, 1.54) is 12.1 Å². The molecule has 21 heteroatoms. The molecule has 0 aliphatic carbocycles. The first-order valence-corrected chi connectivity index (χ1v) is 13.8. The number of nitro groups is 2. The van der Waals surface area contributed by atoms with Crippen molar-refractivity contribution in [2.75, 3.05) is 31.7 Å². The molecule has 2 amide bonds. The van der Waals surface area contributed by atoms with Crippen LogP contribution in [0.2, 0.25) is 0 Å². The Bertz CT molecular complexity index is 1340. The SMILES string of the molecule is O=CO[C@H](CCCCn1cc(COCCOCCNc2ccc([N+](=O)[O-])cc2[N+](=O)[O-])nn1)NC(=O)N[C@@H](CCC(=O)O)C(=O)O. The van der Waals surface area contributed by atoms with Crippen molar-refractivity contribution in [1.29, 1.82) is 0 Å². The number of unbranched alkanes of at least 4 members (excludes halogenated alkanes) is 1. The number of benzene rings is 1. The largest absolute Gasteiger partial charge is 0.481 e. The first kappa shape index (κ1) is 36.8. The number of hydrogen-bond acceptors (Lipinski definition) is 14. The number of carbonyl (C=O) groups is 4. The van der Waals surface area contributed by atoms with E-state index in [9.17, 15) is 39.4 Å². The number of nitrogens with one attached hydrogen (secondary N) is 3. The van der Waals surface area contributed by atoms with Crippen molar-refractivity contribution < 1.29 is 53.4 Å². The lowest BCUT2D eigenvalue weighted by Crippen LogP contribution is -2.49. The third-order valence-electron chi connectivity index (χ3n) is 6.02. The van der Waals surface area contributed by atoms with E-state index in [1.807, 2.05) is 0 Å². The fourth-order valence-electron chi connectivity index (χ4n) is 3.82. The van der Waals surface area contributed by atoms with Crippen LogP contribution in [0.15, 0.2) is 24.4 Å². The Labute approximate surface area is 260 Å². The van der Waals surface area contributed by atoms with Gasteiger partial charge < -0.3 is 40.4 Å². The monoisotopic (exact) mass is 654 g/mol. The number of carboxylic acids is 2. The molecule has 0 fully saturated rings. The molecule has 0 aliphatic rings. The molecule has 0 spiro atoms. The van der Waals surface area contributed by atoms with Crippen molar-refractivity contribution in [2.24, 2.45) is 0 Å². The average Bonchev–Trinajstić information content (AvgIpc) is 3.45. The summed E-state index contributed by atoms with van der Waals surface area (Å²) >= 11 is 0. The van der Waals surface area contributed by atoms with Gasteiger partial charge in [-0.2, -0.15) is 0 Å². The predicted molar refractivity (Wildman–Crippen MR) is 153 cm³/mol. The molecular formula is C25H34N8O13. The minimum absolute atomic E-state index is 0.133. The Morgan fingerprint density at radius 2 is 1.78 bits per heavy atom. The summed E-state index contributed by atoms with van der Waals surface area (Å²) in [4.78, 5) is 65.4. The molecular weight excluding hydrogens is 620 g/mol. The van der Waals surface area contributed by atoms with Gasteiger partial charge in [0.15, 0.2) is 6.23 Å². The van der Waals surface area contributed by atoms with Crippen LogP contribution in [-0.2, 0) is 41.7 Å². The van der Waals surface area contributed by atoms with Crippen LogP contribution in [0.3, 0.4) is 0 Å². The van der Waals surface area contributed by atoms with Crippen LogP contribution in [0, 0.1) is 20.2 Å². The number of rotatable bonds is 24. The van der Waals surface area contributed by atoms with E-state index in [4.69, 9.17) is 24.4 Å². The number of aromatic nitrogens is 3. The van der Waals surface area contributed by atoms with Gasteiger partial charge in [-0.3, -0.25) is 34.5 Å². The molecule has 1 aromatic heterocycles. The molecule has 0 bridgehead atoms. The third-order valence-corrected chi connectivity index (χ3v) is 6.02. The number of carboxylic acid groups (broad SMARTS) is 2. The smallest absolute Gasteiger partial charge is 0.326 e. The second kappa shape index (κ2) is 19.8. The summed E-state index contributed by atoms with van der Waals surface area (Å²) in [5.74, 6) is -2.62. The molecule has 46 heavy (non-hydrogen) atoms. The maximum atomic E-state index is 12.1. The van der Waals surface area contributed by atoms with Gasteiger partial charge in [-0.1, -0.05) is 5.21 Å². The highest BCUT2D eigenvalue weighted by molar-refractivity contribution is 5.83. The van der Waals surface area contributed by atoms with Gasteiger partial charge in [-0.15, -0.1) is 5.10 Å². The van der Waals surface area contributed by atoms with Crippen LogP contribution in [0.5, 0.6) is 0 Å².